The van der Waals surface area contributed by atoms with Crippen LogP contribution in [0.5, 0.6) is 0 Å². The Morgan fingerprint density at radius 2 is 1.44 bits per heavy atom. The first-order valence-electron chi connectivity index (χ1n) is 9.01. The van der Waals surface area contributed by atoms with E-state index in [4.69, 9.17) is 19.2 Å². The molecule has 1 aliphatic rings. The van der Waals surface area contributed by atoms with Gasteiger partial charge in [0.1, 0.15) is 0 Å². The molecule has 0 bridgehead atoms. The summed E-state index contributed by atoms with van der Waals surface area (Å²) in [7, 11) is 6.51. The number of halogens is 1. The van der Waals surface area contributed by atoms with Crippen molar-refractivity contribution in [3.8, 4) is 5.69 Å². The molecule has 0 unspecified atom stereocenters. The fourth-order valence-electron chi connectivity index (χ4n) is 3.96. The van der Waals surface area contributed by atoms with Gasteiger partial charge in [-0.2, -0.15) is 0 Å². The van der Waals surface area contributed by atoms with Crippen molar-refractivity contribution in [3.63, 3.8) is 0 Å². The number of nitrogens with zero attached hydrogens (tertiary/aromatic N) is 2. The second-order valence-electron chi connectivity index (χ2n) is 6.78. The van der Waals surface area contributed by atoms with Gasteiger partial charge in [0.25, 0.3) is 0 Å². The van der Waals surface area contributed by atoms with E-state index in [-0.39, 0.29) is 0 Å². The molecule has 0 amide bonds. The van der Waals surface area contributed by atoms with Crippen LogP contribution in [0, 0.1) is 24.7 Å². The first-order valence-corrected chi connectivity index (χ1v) is 13.2. The predicted molar refractivity (Wildman–Crippen MR) is 107 cm³/mol. The Balaban J connectivity index is 0.000000855. The predicted octanol–water partition coefficient (Wildman–Crippen LogP) is 5.32. The third-order valence-electron chi connectivity index (χ3n) is 4.92. The molecule has 1 aliphatic carbocycles. The molecule has 0 saturated heterocycles. The molecule has 0 N–H and O–H groups in total. The van der Waals surface area contributed by atoms with Gasteiger partial charge in [0.2, 0.25) is 0 Å². The van der Waals surface area contributed by atoms with Crippen molar-refractivity contribution >= 4 is 23.2 Å². The Morgan fingerprint density at radius 3 is 1.93 bits per heavy atom. The zero-order valence-corrected chi connectivity index (χ0v) is 19.4. The first kappa shape index (κ1) is 23.7. The number of aryl methyl sites for hydroxylation is 3. The number of carbonyl (C=O) groups excluding carboxylic acids is 2. The quantitative estimate of drug-likeness (QED) is 0.280. The van der Waals surface area contributed by atoms with Gasteiger partial charge in [-0.05, 0) is 0 Å². The summed E-state index contributed by atoms with van der Waals surface area (Å²) < 4.78 is 6.20. The smallest absolute Gasteiger partial charge is 0.282 e. The molecule has 2 aromatic rings. The van der Waals surface area contributed by atoms with E-state index in [2.05, 4.69) is 68.0 Å². The molecule has 0 aliphatic heterocycles. The second-order valence-corrected chi connectivity index (χ2v) is 9.34. The molecular weight excluding hydrogens is 540 g/mol. The molecule has 6 heteroatoms. The minimum atomic E-state index is -0.636. The number of aromatic nitrogens is 2. The van der Waals surface area contributed by atoms with Crippen molar-refractivity contribution in [1.29, 1.82) is 0 Å². The molecule has 0 spiro atoms. The summed E-state index contributed by atoms with van der Waals surface area (Å²) in [6.45, 7) is 13.1. The molecule has 4 nitrogen and oxygen atoms in total. The fraction of sp³-hybridized carbons (Fsp3) is 0.476. The summed E-state index contributed by atoms with van der Waals surface area (Å²) in [6.07, 6.45) is 12.6. The topological polar surface area (TPSA) is 44.0 Å². The molecule has 1 saturated carbocycles. The van der Waals surface area contributed by atoms with Crippen molar-refractivity contribution in [2.75, 3.05) is 0 Å². The van der Waals surface area contributed by atoms with Gasteiger partial charge in [-0.25, -0.2) is 0 Å². The standard InChI is InChI=1S/C19H26N2.2CHO.ClH.Ir/c1-15-12-16(2)19(17(3)13-15)21-11-10-20(14-21)18-8-6-4-5-7-9-18;2*1-2;;/h10-13,18H,4-9H2,1-3H3;2*1H;1H;/q;2*-1;;+1/p-1. The van der Waals surface area contributed by atoms with Crippen LogP contribution in [0.4, 0.5) is 0 Å². The molecule has 1 aromatic carbocycles. The van der Waals surface area contributed by atoms with Crippen molar-refractivity contribution in [2.24, 2.45) is 0 Å². The van der Waals surface area contributed by atoms with Gasteiger partial charge in [-0.15, -0.1) is 0 Å². The SMILES string of the molecule is Cc1cc(C)c(-n2ccn(C3CCCCCC3)[c]2=[Ir][Cl])c(C)c1.[CH-]=O.[CH-]=O. The zero-order valence-electron chi connectivity index (χ0n) is 16.2. The summed E-state index contributed by atoms with van der Waals surface area (Å²) in [4.78, 5) is 15.5. The summed E-state index contributed by atoms with van der Waals surface area (Å²) in [5.41, 5.74) is 5.33. The van der Waals surface area contributed by atoms with Crippen molar-refractivity contribution in [1.82, 2.24) is 9.13 Å². The number of hydrogen-bond acceptors (Lipinski definition) is 2. The maximum atomic E-state index is 7.75. The van der Waals surface area contributed by atoms with E-state index in [1.54, 1.807) is 0 Å². The van der Waals surface area contributed by atoms with E-state index >= 15 is 0 Å². The number of benzene rings is 1. The maximum absolute atomic E-state index is 7.75. The van der Waals surface area contributed by atoms with E-state index in [1.165, 1.54) is 64.8 Å². The summed E-state index contributed by atoms with van der Waals surface area (Å²) in [6, 6.07) is 5.19. The minimum Gasteiger partial charge on any atom is -0.545 e. The van der Waals surface area contributed by atoms with E-state index in [0.717, 1.165) is 0 Å². The van der Waals surface area contributed by atoms with Crippen molar-refractivity contribution in [3.05, 3.63) is 45.1 Å². The fourth-order valence-corrected chi connectivity index (χ4v) is 6.50. The maximum Gasteiger partial charge on any atom is -0.282 e. The van der Waals surface area contributed by atoms with Crippen LogP contribution in [0.25, 0.3) is 5.69 Å². The Bertz CT molecular complexity index is 765. The molecule has 1 heterocycles. The van der Waals surface area contributed by atoms with Gasteiger partial charge in [0.15, 0.2) is 0 Å². The average molecular weight is 568 g/mol. The molecule has 1 fully saturated rings. The number of rotatable bonds is 2. The van der Waals surface area contributed by atoms with E-state index < -0.39 is 16.2 Å². The Kier molecular flexibility index (Phi) is 10.8. The van der Waals surface area contributed by atoms with Crippen LogP contribution < -0.4 is 0 Å². The van der Waals surface area contributed by atoms with Crippen molar-refractivity contribution < 1.29 is 25.8 Å². The van der Waals surface area contributed by atoms with Crippen LogP contribution in [0.3, 0.4) is 0 Å². The molecule has 27 heavy (non-hydrogen) atoms. The second kappa shape index (κ2) is 12.2. The third kappa shape index (κ3) is 5.84. The third-order valence-corrected chi connectivity index (χ3v) is 7.44. The summed E-state index contributed by atoms with van der Waals surface area (Å²) in [5.74, 6) is 0. The van der Waals surface area contributed by atoms with Crippen LogP contribution in [0.1, 0.15) is 61.3 Å². The number of hydrogen-bond donors (Lipinski definition) is 0. The summed E-state index contributed by atoms with van der Waals surface area (Å²) >= 11 is -0.636. The van der Waals surface area contributed by atoms with Gasteiger partial charge in [0, 0.05) is 0 Å². The normalized spacial score (nSPS) is 15.8. The minimum absolute atomic E-state index is 0.636. The van der Waals surface area contributed by atoms with E-state index in [1.807, 2.05) is 0 Å². The average Bonchev–Trinajstić information content (AvgIpc) is 2.90. The molecule has 1 aromatic heterocycles. The van der Waals surface area contributed by atoms with Crippen LogP contribution in [-0.4, -0.2) is 22.7 Å². The largest absolute Gasteiger partial charge is 0.545 e. The van der Waals surface area contributed by atoms with Crippen LogP contribution in [0.2, 0.25) is 0 Å². The van der Waals surface area contributed by atoms with Gasteiger partial charge >= 0.3 is 151 Å². The monoisotopic (exact) mass is 568 g/mol. The van der Waals surface area contributed by atoms with Crippen molar-refractivity contribution in [2.45, 2.75) is 65.3 Å². The summed E-state index contributed by atoms with van der Waals surface area (Å²) in [5, 5.41) is 0. The molecule has 0 radical (unpaired) electrons. The van der Waals surface area contributed by atoms with Gasteiger partial charge in [-0.1, -0.05) is 0 Å². The first-order chi connectivity index (χ1) is 13.1. The molecule has 3 rings (SSSR count). The molecule has 152 valence electrons. The van der Waals surface area contributed by atoms with Crippen LogP contribution >= 0.6 is 9.58 Å². The Morgan fingerprint density at radius 1 is 0.926 bits per heavy atom. The van der Waals surface area contributed by atoms with Gasteiger partial charge in [-0.3, -0.25) is 13.6 Å². The Labute approximate surface area is 174 Å². The Hall–Kier alpha value is -1.29. The zero-order chi connectivity index (χ0) is 20.4. The molecule has 0 atom stereocenters. The van der Waals surface area contributed by atoms with E-state index in [0.29, 0.717) is 6.04 Å². The molecular formula is C21H28ClIrN2O2-2. The van der Waals surface area contributed by atoms with Crippen LogP contribution in [0.15, 0.2) is 24.5 Å². The van der Waals surface area contributed by atoms with Gasteiger partial charge in [0.05, 0.1) is 0 Å². The van der Waals surface area contributed by atoms with Gasteiger partial charge < -0.3 is 9.59 Å². The number of imidazole rings is 1. The van der Waals surface area contributed by atoms with Crippen LogP contribution in [-0.2, 0) is 25.8 Å². The van der Waals surface area contributed by atoms with E-state index in [9.17, 15) is 0 Å².